The molecular formula is C14H20F2N2. The molecule has 0 bridgehead atoms. The summed E-state index contributed by atoms with van der Waals surface area (Å²) in [6, 6.07) is 5.12. The number of halogens is 2. The van der Waals surface area contributed by atoms with Crippen molar-refractivity contribution in [3.05, 3.63) is 23.8 Å². The maximum Gasteiger partial charge on any atom is 0.265 e. The largest absolute Gasteiger partial charge is 0.399 e. The van der Waals surface area contributed by atoms with E-state index >= 15 is 0 Å². The van der Waals surface area contributed by atoms with Gasteiger partial charge in [0.1, 0.15) is 0 Å². The van der Waals surface area contributed by atoms with Gasteiger partial charge in [-0.2, -0.15) is 0 Å². The van der Waals surface area contributed by atoms with E-state index in [4.69, 9.17) is 5.73 Å². The van der Waals surface area contributed by atoms with Crippen LogP contribution in [0.3, 0.4) is 0 Å². The van der Waals surface area contributed by atoms with Gasteiger partial charge in [0.15, 0.2) is 0 Å². The lowest BCUT2D eigenvalue weighted by Gasteiger charge is -2.40. The lowest BCUT2D eigenvalue weighted by Crippen LogP contribution is -2.42. The monoisotopic (exact) mass is 254 g/mol. The first-order valence-corrected chi connectivity index (χ1v) is 6.45. The molecule has 18 heavy (non-hydrogen) atoms. The standard InChI is InChI=1S/C14H20F2N2/c1-9-4-3-7-18(10(9)2)13-6-5-11(17)8-12(13)14(15)16/h5-6,8-10,14H,3-4,7,17H2,1-2H3. The minimum absolute atomic E-state index is 0.0518. The normalized spacial score (nSPS) is 24.6. The van der Waals surface area contributed by atoms with Crippen LogP contribution in [0.15, 0.2) is 18.2 Å². The molecule has 2 atom stereocenters. The van der Waals surface area contributed by atoms with Crippen molar-refractivity contribution in [1.82, 2.24) is 0 Å². The van der Waals surface area contributed by atoms with Crippen LogP contribution in [0.4, 0.5) is 20.2 Å². The van der Waals surface area contributed by atoms with E-state index in [1.807, 2.05) is 0 Å². The number of piperidine rings is 1. The van der Waals surface area contributed by atoms with Crippen LogP contribution in [0.5, 0.6) is 0 Å². The Morgan fingerprint density at radius 1 is 1.33 bits per heavy atom. The third-order valence-electron chi connectivity index (χ3n) is 3.97. The molecule has 1 aromatic carbocycles. The summed E-state index contributed by atoms with van der Waals surface area (Å²) in [4.78, 5) is 2.09. The summed E-state index contributed by atoms with van der Waals surface area (Å²) in [6.07, 6.45) is -0.261. The number of alkyl halides is 2. The Labute approximate surface area is 107 Å². The minimum Gasteiger partial charge on any atom is -0.399 e. The number of anilines is 2. The van der Waals surface area contributed by atoms with E-state index in [-0.39, 0.29) is 5.56 Å². The number of hydrogen-bond acceptors (Lipinski definition) is 2. The summed E-state index contributed by atoms with van der Waals surface area (Å²) in [5.41, 5.74) is 6.69. The fraction of sp³-hybridized carbons (Fsp3) is 0.571. The molecule has 1 aliphatic heterocycles. The van der Waals surface area contributed by atoms with Crippen molar-refractivity contribution < 1.29 is 8.78 Å². The van der Waals surface area contributed by atoms with Crippen molar-refractivity contribution >= 4 is 11.4 Å². The Hall–Kier alpha value is -1.32. The Morgan fingerprint density at radius 3 is 2.72 bits per heavy atom. The number of nitrogen functional groups attached to an aromatic ring is 1. The van der Waals surface area contributed by atoms with Gasteiger partial charge in [-0.3, -0.25) is 0 Å². The van der Waals surface area contributed by atoms with Gasteiger partial charge in [-0.05, 0) is 43.9 Å². The van der Waals surface area contributed by atoms with Crippen LogP contribution in [0.2, 0.25) is 0 Å². The first-order chi connectivity index (χ1) is 8.50. The summed E-state index contributed by atoms with van der Waals surface area (Å²) in [6.45, 7) is 5.13. The maximum absolute atomic E-state index is 13.1. The lowest BCUT2D eigenvalue weighted by atomic mass is 9.91. The predicted octanol–water partition coefficient (Wildman–Crippen LogP) is 3.83. The smallest absolute Gasteiger partial charge is 0.265 e. The van der Waals surface area contributed by atoms with Gasteiger partial charge in [0.05, 0.1) is 0 Å². The Kier molecular flexibility index (Phi) is 3.73. The van der Waals surface area contributed by atoms with E-state index in [9.17, 15) is 8.78 Å². The fourth-order valence-electron chi connectivity index (χ4n) is 2.68. The average Bonchev–Trinajstić information content (AvgIpc) is 2.33. The minimum atomic E-state index is -2.48. The second kappa shape index (κ2) is 5.12. The van der Waals surface area contributed by atoms with Gasteiger partial charge >= 0.3 is 0 Å². The van der Waals surface area contributed by atoms with E-state index in [0.29, 0.717) is 23.3 Å². The molecule has 1 aromatic rings. The summed E-state index contributed by atoms with van der Waals surface area (Å²) in [5.74, 6) is 0.529. The highest BCUT2D eigenvalue weighted by molar-refractivity contribution is 5.61. The van der Waals surface area contributed by atoms with Crippen molar-refractivity contribution in [2.24, 2.45) is 5.92 Å². The number of nitrogens with zero attached hydrogens (tertiary/aromatic N) is 1. The predicted molar refractivity (Wildman–Crippen MR) is 71.0 cm³/mol. The zero-order valence-electron chi connectivity index (χ0n) is 10.9. The summed E-state index contributed by atoms with van der Waals surface area (Å²) in [5, 5.41) is 0. The topological polar surface area (TPSA) is 29.3 Å². The van der Waals surface area contributed by atoms with Gasteiger partial charge in [0.25, 0.3) is 6.43 Å². The first-order valence-electron chi connectivity index (χ1n) is 6.45. The van der Waals surface area contributed by atoms with E-state index < -0.39 is 6.43 Å². The molecule has 100 valence electrons. The molecule has 1 heterocycles. The fourth-order valence-corrected chi connectivity index (χ4v) is 2.68. The number of rotatable bonds is 2. The number of hydrogen-bond donors (Lipinski definition) is 1. The highest BCUT2D eigenvalue weighted by atomic mass is 19.3. The molecule has 0 spiro atoms. The van der Waals surface area contributed by atoms with Crippen molar-refractivity contribution in [3.63, 3.8) is 0 Å². The lowest BCUT2D eigenvalue weighted by molar-refractivity contribution is 0.151. The Bertz CT molecular complexity index is 420. The third-order valence-corrected chi connectivity index (χ3v) is 3.97. The molecule has 0 aromatic heterocycles. The Balaban J connectivity index is 2.37. The number of nitrogens with two attached hydrogens (primary N) is 1. The molecule has 0 amide bonds. The molecule has 2 nitrogen and oxygen atoms in total. The molecule has 2 unspecified atom stereocenters. The van der Waals surface area contributed by atoms with Gasteiger partial charge in [0.2, 0.25) is 0 Å². The van der Waals surface area contributed by atoms with Gasteiger partial charge < -0.3 is 10.6 Å². The van der Waals surface area contributed by atoms with Crippen LogP contribution in [-0.2, 0) is 0 Å². The molecule has 1 aliphatic rings. The quantitative estimate of drug-likeness (QED) is 0.813. The third kappa shape index (κ3) is 2.42. The van der Waals surface area contributed by atoms with Crippen molar-refractivity contribution in [1.29, 1.82) is 0 Å². The van der Waals surface area contributed by atoms with Gasteiger partial charge in [-0.1, -0.05) is 6.92 Å². The van der Waals surface area contributed by atoms with Crippen LogP contribution in [0.25, 0.3) is 0 Å². The highest BCUT2D eigenvalue weighted by Gasteiger charge is 2.28. The summed E-state index contributed by atoms with van der Waals surface area (Å²) >= 11 is 0. The van der Waals surface area contributed by atoms with Crippen molar-refractivity contribution in [2.75, 3.05) is 17.2 Å². The second-order valence-corrected chi connectivity index (χ2v) is 5.17. The van der Waals surface area contributed by atoms with Crippen LogP contribution < -0.4 is 10.6 Å². The molecule has 1 saturated heterocycles. The van der Waals surface area contributed by atoms with Crippen molar-refractivity contribution in [3.8, 4) is 0 Å². The first kappa shape index (κ1) is 13.1. The van der Waals surface area contributed by atoms with Crippen LogP contribution in [-0.4, -0.2) is 12.6 Å². The van der Waals surface area contributed by atoms with E-state index in [1.54, 1.807) is 12.1 Å². The van der Waals surface area contributed by atoms with Gasteiger partial charge in [-0.15, -0.1) is 0 Å². The molecule has 2 N–H and O–H groups in total. The zero-order valence-corrected chi connectivity index (χ0v) is 10.9. The average molecular weight is 254 g/mol. The Morgan fingerprint density at radius 2 is 2.06 bits per heavy atom. The van der Waals surface area contributed by atoms with Gasteiger partial charge in [0, 0.05) is 29.5 Å². The van der Waals surface area contributed by atoms with E-state index in [1.165, 1.54) is 6.07 Å². The molecule has 0 radical (unpaired) electrons. The van der Waals surface area contributed by atoms with Crippen LogP contribution in [0.1, 0.15) is 38.7 Å². The van der Waals surface area contributed by atoms with Crippen LogP contribution >= 0.6 is 0 Å². The van der Waals surface area contributed by atoms with E-state index in [0.717, 1.165) is 19.4 Å². The molecule has 0 aliphatic carbocycles. The van der Waals surface area contributed by atoms with Gasteiger partial charge in [-0.25, -0.2) is 8.78 Å². The summed E-state index contributed by atoms with van der Waals surface area (Å²) in [7, 11) is 0. The van der Waals surface area contributed by atoms with Crippen LogP contribution in [0, 0.1) is 5.92 Å². The second-order valence-electron chi connectivity index (χ2n) is 5.17. The molecule has 1 fully saturated rings. The molecular weight excluding hydrogens is 234 g/mol. The SMILES string of the molecule is CC1CCCN(c2ccc(N)cc2C(F)F)C1C. The van der Waals surface area contributed by atoms with E-state index in [2.05, 4.69) is 18.7 Å². The molecule has 2 rings (SSSR count). The number of benzene rings is 1. The zero-order chi connectivity index (χ0) is 13.3. The molecule has 0 saturated carbocycles. The van der Waals surface area contributed by atoms with Crippen molar-refractivity contribution in [2.45, 2.75) is 39.2 Å². The maximum atomic E-state index is 13.1. The molecule has 4 heteroatoms. The summed E-state index contributed by atoms with van der Waals surface area (Å²) < 4.78 is 26.2. The highest BCUT2D eigenvalue weighted by Crippen LogP contribution is 2.36.